The van der Waals surface area contributed by atoms with Crippen molar-refractivity contribution < 1.29 is 41.4 Å². The number of carbonyl (C=O) groups is 2. The molecule has 9 heteroatoms. The van der Waals surface area contributed by atoms with Gasteiger partial charge in [0.1, 0.15) is 0 Å². The highest BCUT2D eigenvalue weighted by Crippen LogP contribution is 2.51. The molecule has 0 aromatic carbocycles. The van der Waals surface area contributed by atoms with Crippen LogP contribution in [0.5, 0.6) is 0 Å². The molecule has 0 aromatic rings. The number of hydrogen-bond donors (Lipinski definition) is 1. The van der Waals surface area contributed by atoms with Gasteiger partial charge in [-0.25, -0.2) is 18.4 Å². The average Bonchev–Trinajstić information content (AvgIpc) is 2.33. The molecular formula is C11H9F5O4. The molecule has 1 rings (SSSR count). The van der Waals surface area contributed by atoms with Gasteiger partial charge in [0.2, 0.25) is 0 Å². The van der Waals surface area contributed by atoms with Crippen molar-refractivity contribution in [3.8, 4) is 0 Å². The fraction of sp³-hybridized carbons (Fsp3) is 0.455. The lowest BCUT2D eigenvalue weighted by Gasteiger charge is -2.42. The van der Waals surface area contributed by atoms with E-state index in [0.29, 0.717) is 6.08 Å². The molecule has 0 spiro atoms. The van der Waals surface area contributed by atoms with Gasteiger partial charge in [-0.05, 0) is 25.2 Å². The Bertz CT molecular complexity index is 489. The molecule has 0 saturated carbocycles. The van der Waals surface area contributed by atoms with E-state index in [4.69, 9.17) is 5.11 Å². The zero-order chi connectivity index (χ0) is 15.8. The van der Waals surface area contributed by atoms with E-state index >= 15 is 0 Å². The second kappa shape index (κ2) is 4.88. The van der Waals surface area contributed by atoms with Crippen molar-refractivity contribution in [1.29, 1.82) is 0 Å². The zero-order valence-electron chi connectivity index (χ0n) is 9.95. The minimum absolute atomic E-state index is 0.0296. The second-order valence-corrected chi connectivity index (χ2v) is 3.94. The van der Waals surface area contributed by atoms with Crippen LogP contribution in [0.1, 0.15) is 6.92 Å². The summed E-state index contributed by atoms with van der Waals surface area (Å²) in [5, 5.41) is 8.24. The van der Waals surface area contributed by atoms with Gasteiger partial charge in [-0.3, -0.25) is 0 Å². The van der Waals surface area contributed by atoms with Gasteiger partial charge in [-0.1, -0.05) is 6.08 Å². The van der Waals surface area contributed by atoms with Crippen LogP contribution in [0.3, 0.4) is 0 Å². The van der Waals surface area contributed by atoms with Crippen LogP contribution in [-0.4, -0.2) is 40.7 Å². The highest BCUT2D eigenvalue weighted by atomic mass is 19.3. The number of esters is 1. The quantitative estimate of drug-likeness (QED) is 0.367. The molecule has 0 bridgehead atoms. The van der Waals surface area contributed by atoms with E-state index in [1.807, 2.05) is 0 Å². The maximum atomic E-state index is 14.3. The monoisotopic (exact) mass is 300 g/mol. The number of halogens is 5. The van der Waals surface area contributed by atoms with Crippen molar-refractivity contribution in [1.82, 2.24) is 0 Å². The number of hydrogen-bond acceptors (Lipinski definition) is 3. The molecule has 1 N–H and O–H groups in total. The lowest BCUT2D eigenvalue weighted by molar-refractivity contribution is -0.266. The summed E-state index contributed by atoms with van der Waals surface area (Å²) in [5.74, 6) is -13.7. The first-order valence-corrected chi connectivity index (χ1v) is 5.21. The van der Waals surface area contributed by atoms with Crippen molar-refractivity contribution >= 4 is 11.9 Å². The lowest BCUT2D eigenvalue weighted by atomic mass is 9.81. The number of allylic oxidation sites excluding steroid dienone is 2. The molecule has 0 fully saturated rings. The van der Waals surface area contributed by atoms with Crippen molar-refractivity contribution in [3.05, 3.63) is 24.3 Å². The summed E-state index contributed by atoms with van der Waals surface area (Å²) in [6, 6.07) is 0. The summed E-state index contributed by atoms with van der Waals surface area (Å²) >= 11 is 0. The Hall–Kier alpha value is -1.93. The summed E-state index contributed by atoms with van der Waals surface area (Å²) in [5.41, 5.74) is -4.38. The van der Waals surface area contributed by atoms with Crippen LogP contribution >= 0.6 is 0 Å². The first kappa shape index (κ1) is 16.1. The molecule has 20 heavy (non-hydrogen) atoms. The fourth-order valence-electron chi connectivity index (χ4n) is 1.62. The second-order valence-electron chi connectivity index (χ2n) is 3.94. The summed E-state index contributed by atoms with van der Waals surface area (Å²) in [4.78, 5) is 21.0. The molecular weight excluding hydrogens is 291 g/mol. The summed E-state index contributed by atoms with van der Waals surface area (Å²) in [7, 11) is 0. The topological polar surface area (TPSA) is 63.6 Å². The van der Waals surface area contributed by atoms with Crippen molar-refractivity contribution in [2.24, 2.45) is 0 Å². The number of aliphatic carboxylic acids is 1. The third-order valence-electron chi connectivity index (χ3n) is 2.62. The fourth-order valence-corrected chi connectivity index (χ4v) is 1.62. The van der Waals surface area contributed by atoms with Gasteiger partial charge >= 0.3 is 23.7 Å². The van der Waals surface area contributed by atoms with Gasteiger partial charge in [0.15, 0.2) is 6.17 Å². The van der Waals surface area contributed by atoms with E-state index in [1.165, 1.54) is 0 Å². The van der Waals surface area contributed by atoms with Crippen LogP contribution in [0, 0.1) is 0 Å². The summed E-state index contributed by atoms with van der Waals surface area (Å²) in [6.07, 6.45) is -2.68. The number of alkyl halides is 5. The predicted octanol–water partition coefficient (Wildman–Crippen LogP) is 2.11. The molecule has 3 atom stereocenters. The van der Waals surface area contributed by atoms with E-state index in [1.54, 1.807) is 0 Å². The first-order valence-electron chi connectivity index (χ1n) is 5.21. The van der Waals surface area contributed by atoms with Gasteiger partial charge in [-0.15, -0.1) is 0 Å². The van der Waals surface area contributed by atoms with Gasteiger partial charge in [0.25, 0.3) is 5.67 Å². The molecule has 1 aliphatic carbocycles. The van der Waals surface area contributed by atoms with E-state index in [0.717, 1.165) is 6.92 Å². The smallest absolute Gasteiger partial charge is 0.420 e. The SMILES string of the molecule is CC=CC1(F)C(F)(OC(=O)C(=O)O)C=CC(F)C1(F)F. The third kappa shape index (κ3) is 2.16. The molecule has 0 saturated heterocycles. The Morgan fingerprint density at radius 3 is 2.30 bits per heavy atom. The first-order chi connectivity index (χ1) is 9.02. The Kier molecular flexibility index (Phi) is 3.93. The largest absolute Gasteiger partial charge is 0.473 e. The maximum absolute atomic E-state index is 14.3. The Morgan fingerprint density at radius 1 is 1.30 bits per heavy atom. The minimum Gasteiger partial charge on any atom is -0.473 e. The van der Waals surface area contributed by atoms with Crippen LogP contribution < -0.4 is 0 Å². The molecule has 1 aliphatic rings. The molecule has 0 aromatic heterocycles. The number of ether oxygens (including phenoxy) is 1. The van der Waals surface area contributed by atoms with Gasteiger partial charge in [-0.2, -0.15) is 13.2 Å². The van der Waals surface area contributed by atoms with E-state index in [-0.39, 0.29) is 18.2 Å². The van der Waals surface area contributed by atoms with Crippen LogP contribution in [-0.2, 0) is 14.3 Å². The van der Waals surface area contributed by atoms with E-state index in [2.05, 4.69) is 4.74 Å². The number of rotatable bonds is 2. The molecule has 0 radical (unpaired) electrons. The molecule has 3 unspecified atom stereocenters. The molecule has 4 nitrogen and oxygen atoms in total. The summed E-state index contributed by atoms with van der Waals surface area (Å²) < 4.78 is 72.3. The number of carboxylic acids is 1. The standard InChI is InChI=1S/C11H9F5O4/c1-2-4-9(13)10(14,20-8(19)7(17)18)5-3-6(12)11(9,15)16/h2-6H,1H3,(H,17,18). The molecule has 112 valence electrons. The Morgan fingerprint density at radius 2 is 1.85 bits per heavy atom. The van der Waals surface area contributed by atoms with Crippen molar-refractivity contribution in [2.75, 3.05) is 0 Å². The highest BCUT2D eigenvalue weighted by molar-refractivity contribution is 6.28. The van der Waals surface area contributed by atoms with Gasteiger partial charge in [0, 0.05) is 0 Å². The predicted molar refractivity (Wildman–Crippen MR) is 55.2 cm³/mol. The molecule has 0 amide bonds. The number of carbonyl (C=O) groups excluding carboxylic acids is 1. The van der Waals surface area contributed by atoms with Crippen LogP contribution in [0.4, 0.5) is 22.0 Å². The van der Waals surface area contributed by atoms with Crippen molar-refractivity contribution in [3.63, 3.8) is 0 Å². The number of carboxylic acid groups (broad SMARTS) is 1. The van der Waals surface area contributed by atoms with Gasteiger partial charge in [0.05, 0.1) is 0 Å². The lowest BCUT2D eigenvalue weighted by Crippen LogP contribution is -2.64. The van der Waals surface area contributed by atoms with Gasteiger partial charge < -0.3 is 9.84 Å². The Labute approximate surface area is 109 Å². The van der Waals surface area contributed by atoms with E-state index < -0.39 is 35.6 Å². The van der Waals surface area contributed by atoms with Crippen LogP contribution in [0.25, 0.3) is 0 Å². The van der Waals surface area contributed by atoms with E-state index in [9.17, 15) is 31.5 Å². The molecule has 0 aliphatic heterocycles. The zero-order valence-corrected chi connectivity index (χ0v) is 9.95. The highest BCUT2D eigenvalue weighted by Gasteiger charge is 2.73. The summed E-state index contributed by atoms with van der Waals surface area (Å²) in [6.45, 7) is 1.04. The normalized spacial score (nSPS) is 36.0. The maximum Gasteiger partial charge on any atom is 0.420 e. The van der Waals surface area contributed by atoms with Crippen molar-refractivity contribution in [2.45, 2.75) is 30.5 Å². The molecule has 0 heterocycles. The minimum atomic E-state index is -4.90. The average molecular weight is 300 g/mol. The van der Waals surface area contributed by atoms with Crippen LogP contribution in [0.2, 0.25) is 0 Å². The van der Waals surface area contributed by atoms with Crippen LogP contribution in [0.15, 0.2) is 24.3 Å². The Balaban J connectivity index is 3.38. The third-order valence-corrected chi connectivity index (χ3v) is 2.62.